The molecule has 0 spiro atoms. The first-order valence-corrected chi connectivity index (χ1v) is 5.94. The Balaban J connectivity index is 2.27. The second kappa shape index (κ2) is 3.32. The molecule has 1 aliphatic carbocycles. The number of nitrogen functional groups attached to an aromatic ring is 1. The van der Waals surface area contributed by atoms with Gasteiger partial charge in [0.2, 0.25) is 0 Å². The molecule has 0 atom stereocenters. The maximum Gasteiger partial charge on any atom is 0.142 e. The van der Waals surface area contributed by atoms with Crippen molar-refractivity contribution in [3.8, 4) is 17.3 Å². The summed E-state index contributed by atoms with van der Waals surface area (Å²) in [7, 11) is 0. The van der Waals surface area contributed by atoms with Crippen molar-refractivity contribution in [2.75, 3.05) is 5.73 Å². The van der Waals surface area contributed by atoms with Crippen molar-refractivity contribution in [2.24, 2.45) is 0 Å². The smallest absolute Gasteiger partial charge is 0.142 e. The zero-order chi connectivity index (χ0) is 11.1. The molecule has 2 heterocycles. The van der Waals surface area contributed by atoms with Crippen molar-refractivity contribution in [3.63, 3.8) is 0 Å². The van der Waals surface area contributed by atoms with Gasteiger partial charge in [0.25, 0.3) is 0 Å². The maximum atomic E-state index is 8.91. The Morgan fingerprint density at radius 1 is 1.44 bits per heavy atom. The zero-order valence-electron chi connectivity index (χ0n) is 8.53. The summed E-state index contributed by atoms with van der Waals surface area (Å²) in [6.45, 7) is 0. The SMILES string of the molecule is N#Cc1cc2c(nc1N)-c1ccsc1CC2. The molecule has 0 radical (unpaired) electrons. The van der Waals surface area contributed by atoms with Gasteiger partial charge in [-0.05, 0) is 35.9 Å². The summed E-state index contributed by atoms with van der Waals surface area (Å²) in [4.78, 5) is 5.72. The maximum absolute atomic E-state index is 8.91. The van der Waals surface area contributed by atoms with Gasteiger partial charge in [0.15, 0.2) is 0 Å². The Morgan fingerprint density at radius 2 is 2.31 bits per heavy atom. The van der Waals surface area contributed by atoms with Crippen LogP contribution in [-0.2, 0) is 12.8 Å². The summed E-state index contributed by atoms with van der Waals surface area (Å²) in [5.41, 5.74) is 9.51. The fraction of sp³-hybridized carbons (Fsp3) is 0.167. The molecule has 0 aliphatic heterocycles. The Bertz CT molecular complexity index is 607. The molecule has 3 rings (SSSR count). The minimum atomic E-state index is 0.334. The number of anilines is 1. The second-order valence-electron chi connectivity index (χ2n) is 3.80. The zero-order valence-corrected chi connectivity index (χ0v) is 9.34. The molecule has 2 aromatic rings. The predicted molar refractivity (Wildman–Crippen MR) is 64.1 cm³/mol. The Labute approximate surface area is 97.2 Å². The number of aryl methyl sites for hydroxylation is 2. The van der Waals surface area contributed by atoms with Gasteiger partial charge in [-0.2, -0.15) is 5.26 Å². The van der Waals surface area contributed by atoms with Gasteiger partial charge in [-0.25, -0.2) is 4.98 Å². The highest BCUT2D eigenvalue weighted by Crippen LogP contribution is 2.36. The molecule has 16 heavy (non-hydrogen) atoms. The third-order valence-electron chi connectivity index (χ3n) is 2.87. The van der Waals surface area contributed by atoms with Crippen LogP contribution in [0.25, 0.3) is 11.3 Å². The number of nitrogens with two attached hydrogens (primary N) is 1. The molecule has 0 aromatic carbocycles. The average molecular weight is 227 g/mol. The van der Waals surface area contributed by atoms with E-state index in [9.17, 15) is 0 Å². The number of nitriles is 1. The van der Waals surface area contributed by atoms with E-state index >= 15 is 0 Å². The molecule has 0 saturated heterocycles. The lowest BCUT2D eigenvalue weighted by Crippen LogP contribution is -2.06. The normalized spacial score (nSPS) is 12.7. The summed E-state index contributed by atoms with van der Waals surface area (Å²) < 4.78 is 0. The molecule has 0 saturated carbocycles. The molecule has 78 valence electrons. The number of hydrogen-bond acceptors (Lipinski definition) is 4. The van der Waals surface area contributed by atoms with E-state index < -0.39 is 0 Å². The van der Waals surface area contributed by atoms with Gasteiger partial charge in [-0.1, -0.05) is 0 Å². The number of pyridine rings is 1. The average Bonchev–Trinajstić information content (AvgIpc) is 2.76. The summed E-state index contributed by atoms with van der Waals surface area (Å²) in [5, 5.41) is 11.0. The topological polar surface area (TPSA) is 62.7 Å². The summed E-state index contributed by atoms with van der Waals surface area (Å²) in [6.07, 6.45) is 1.99. The molecule has 3 nitrogen and oxygen atoms in total. The summed E-state index contributed by atoms with van der Waals surface area (Å²) in [6, 6.07) is 6.03. The largest absolute Gasteiger partial charge is 0.383 e. The van der Waals surface area contributed by atoms with Crippen LogP contribution in [0.1, 0.15) is 16.0 Å². The molecule has 1 aliphatic rings. The molecule has 4 heteroatoms. The lowest BCUT2D eigenvalue weighted by molar-refractivity contribution is 0.948. The third kappa shape index (κ3) is 1.22. The molecule has 0 amide bonds. The van der Waals surface area contributed by atoms with Gasteiger partial charge >= 0.3 is 0 Å². The van der Waals surface area contributed by atoms with Gasteiger partial charge in [0.1, 0.15) is 11.9 Å². The van der Waals surface area contributed by atoms with Gasteiger partial charge in [-0.3, -0.25) is 0 Å². The quantitative estimate of drug-likeness (QED) is 0.751. The van der Waals surface area contributed by atoms with Gasteiger partial charge < -0.3 is 5.73 Å². The van der Waals surface area contributed by atoms with Crippen LogP contribution in [0.5, 0.6) is 0 Å². The monoisotopic (exact) mass is 227 g/mol. The van der Waals surface area contributed by atoms with Crippen LogP contribution in [-0.4, -0.2) is 4.98 Å². The van der Waals surface area contributed by atoms with Crippen molar-refractivity contribution in [2.45, 2.75) is 12.8 Å². The van der Waals surface area contributed by atoms with E-state index in [2.05, 4.69) is 22.5 Å². The molecule has 2 N–H and O–H groups in total. The van der Waals surface area contributed by atoms with E-state index in [1.807, 2.05) is 6.07 Å². The molecular weight excluding hydrogens is 218 g/mol. The van der Waals surface area contributed by atoms with Crippen LogP contribution in [0.4, 0.5) is 5.82 Å². The molecule has 0 bridgehead atoms. The van der Waals surface area contributed by atoms with Gasteiger partial charge in [0.05, 0.1) is 11.3 Å². The number of aromatic nitrogens is 1. The summed E-state index contributed by atoms with van der Waals surface area (Å²) in [5.74, 6) is 0.334. The third-order valence-corrected chi connectivity index (χ3v) is 3.85. The van der Waals surface area contributed by atoms with E-state index in [0.29, 0.717) is 11.4 Å². The highest BCUT2D eigenvalue weighted by atomic mass is 32.1. The Hall–Kier alpha value is -1.86. The first kappa shape index (κ1) is 9.37. The predicted octanol–water partition coefficient (Wildman–Crippen LogP) is 2.36. The number of thiophene rings is 1. The first-order valence-electron chi connectivity index (χ1n) is 5.06. The van der Waals surface area contributed by atoms with Crippen LogP contribution in [0.2, 0.25) is 0 Å². The lowest BCUT2D eigenvalue weighted by atomic mass is 9.94. The van der Waals surface area contributed by atoms with E-state index in [4.69, 9.17) is 11.0 Å². The van der Waals surface area contributed by atoms with E-state index in [1.54, 1.807) is 11.3 Å². The van der Waals surface area contributed by atoms with Crippen molar-refractivity contribution < 1.29 is 0 Å². The molecular formula is C12H9N3S. The van der Waals surface area contributed by atoms with Crippen molar-refractivity contribution in [1.82, 2.24) is 4.98 Å². The highest BCUT2D eigenvalue weighted by molar-refractivity contribution is 7.10. The number of rotatable bonds is 0. The summed E-state index contributed by atoms with van der Waals surface area (Å²) >= 11 is 1.76. The Kier molecular flexibility index (Phi) is 1.95. The number of fused-ring (bicyclic) bond motifs is 3. The molecule has 2 aromatic heterocycles. The van der Waals surface area contributed by atoms with E-state index in [1.165, 1.54) is 10.4 Å². The number of hydrogen-bond donors (Lipinski definition) is 1. The van der Waals surface area contributed by atoms with Crippen molar-refractivity contribution in [3.05, 3.63) is 33.5 Å². The number of nitrogens with zero attached hydrogens (tertiary/aromatic N) is 2. The van der Waals surface area contributed by atoms with Gasteiger partial charge in [0, 0.05) is 10.4 Å². The standard InChI is InChI=1S/C12H9N3S/c13-6-8-5-7-1-2-10-9(3-4-16-10)11(7)15-12(8)14/h3-5H,1-2H2,(H2,14,15). The van der Waals surface area contributed by atoms with Crippen molar-refractivity contribution in [1.29, 1.82) is 5.26 Å². The molecule has 0 unspecified atom stereocenters. The minimum absolute atomic E-state index is 0.334. The van der Waals surface area contributed by atoms with Gasteiger partial charge in [-0.15, -0.1) is 11.3 Å². The highest BCUT2D eigenvalue weighted by Gasteiger charge is 2.20. The first-order chi connectivity index (χ1) is 7.79. The Morgan fingerprint density at radius 3 is 3.12 bits per heavy atom. The minimum Gasteiger partial charge on any atom is -0.383 e. The van der Waals surface area contributed by atoms with Crippen molar-refractivity contribution >= 4 is 17.2 Å². The second-order valence-corrected chi connectivity index (χ2v) is 4.80. The lowest BCUT2D eigenvalue weighted by Gasteiger charge is -2.16. The van der Waals surface area contributed by atoms with Crippen LogP contribution in [0.15, 0.2) is 17.5 Å². The van der Waals surface area contributed by atoms with Crippen LogP contribution >= 0.6 is 11.3 Å². The molecule has 0 fully saturated rings. The van der Waals surface area contributed by atoms with E-state index in [-0.39, 0.29) is 0 Å². The van der Waals surface area contributed by atoms with Crippen LogP contribution < -0.4 is 5.73 Å². The van der Waals surface area contributed by atoms with E-state index in [0.717, 1.165) is 24.1 Å². The fourth-order valence-electron chi connectivity index (χ4n) is 2.08. The van der Waals surface area contributed by atoms with Crippen LogP contribution in [0.3, 0.4) is 0 Å². The fourth-order valence-corrected chi connectivity index (χ4v) is 2.96. The van der Waals surface area contributed by atoms with Crippen LogP contribution in [0, 0.1) is 11.3 Å².